The summed E-state index contributed by atoms with van der Waals surface area (Å²) < 4.78 is 2.62. The Labute approximate surface area is 119 Å². The largest absolute Gasteiger partial charge is 0.481 e. The Bertz CT molecular complexity index is 650. The van der Waals surface area contributed by atoms with Crippen LogP contribution in [0.4, 0.5) is 0 Å². The number of carboxylic acids is 1. The highest BCUT2D eigenvalue weighted by Gasteiger charge is 2.16. The van der Waals surface area contributed by atoms with Gasteiger partial charge in [0.25, 0.3) is 0 Å². The smallest absolute Gasteiger partial charge is 0.307 e. The molecular formula is C13H14BrN3O2. The lowest BCUT2D eigenvalue weighted by Gasteiger charge is -2.06. The van der Waals surface area contributed by atoms with Gasteiger partial charge >= 0.3 is 5.97 Å². The summed E-state index contributed by atoms with van der Waals surface area (Å²) in [7, 11) is 0. The Morgan fingerprint density at radius 2 is 2.11 bits per heavy atom. The maximum absolute atomic E-state index is 10.9. The average molecular weight is 324 g/mol. The fourth-order valence-electron chi connectivity index (χ4n) is 1.95. The van der Waals surface area contributed by atoms with E-state index in [2.05, 4.69) is 26.0 Å². The van der Waals surface area contributed by atoms with Gasteiger partial charge in [-0.3, -0.25) is 4.79 Å². The van der Waals surface area contributed by atoms with Crippen LogP contribution in [0.1, 0.15) is 22.5 Å². The van der Waals surface area contributed by atoms with E-state index < -0.39 is 5.97 Å². The zero-order valence-corrected chi connectivity index (χ0v) is 12.5. The topological polar surface area (TPSA) is 68.0 Å². The first-order valence-corrected chi connectivity index (χ1v) is 6.59. The van der Waals surface area contributed by atoms with Gasteiger partial charge in [-0.15, -0.1) is 0 Å². The van der Waals surface area contributed by atoms with Crippen molar-refractivity contribution in [2.45, 2.75) is 27.2 Å². The third-order valence-corrected chi connectivity index (χ3v) is 3.85. The molecule has 0 aliphatic heterocycles. The minimum Gasteiger partial charge on any atom is -0.481 e. The van der Waals surface area contributed by atoms with Crippen molar-refractivity contribution in [3.63, 3.8) is 0 Å². The molecule has 0 amide bonds. The second-order valence-electron chi connectivity index (χ2n) is 4.42. The molecule has 0 unspecified atom stereocenters. The lowest BCUT2D eigenvalue weighted by atomic mass is 10.1. The fraction of sp³-hybridized carbons (Fsp3) is 0.308. The van der Waals surface area contributed by atoms with E-state index in [1.165, 1.54) is 0 Å². The molecule has 0 bridgehead atoms. The molecule has 0 aliphatic rings. The number of halogens is 1. The van der Waals surface area contributed by atoms with Crippen LogP contribution >= 0.6 is 15.9 Å². The van der Waals surface area contributed by atoms with Crippen molar-refractivity contribution in [2.24, 2.45) is 0 Å². The monoisotopic (exact) mass is 323 g/mol. The molecule has 2 aromatic rings. The van der Waals surface area contributed by atoms with Crippen LogP contribution in [0.5, 0.6) is 0 Å². The summed E-state index contributed by atoms with van der Waals surface area (Å²) in [6, 6.07) is 1.91. The summed E-state index contributed by atoms with van der Waals surface area (Å²) in [6.07, 6.45) is 1.70. The predicted molar refractivity (Wildman–Crippen MR) is 74.6 cm³/mol. The molecule has 6 heteroatoms. The molecule has 2 rings (SSSR count). The Morgan fingerprint density at radius 3 is 2.68 bits per heavy atom. The SMILES string of the molecule is Cc1cc(-n2nc(C)c(CC(=O)O)c2C)ncc1Br. The van der Waals surface area contributed by atoms with E-state index in [0.717, 1.165) is 27.0 Å². The highest BCUT2D eigenvalue weighted by Crippen LogP contribution is 2.20. The number of rotatable bonds is 3. The van der Waals surface area contributed by atoms with Crippen LogP contribution in [0.3, 0.4) is 0 Å². The van der Waals surface area contributed by atoms with Crippen molar-refractivity contribution in [2.75, 3.05) is 0 Å². The molecule has 0 spiro atoms. The van der Waals surface area contributed by atoms with E-state index in [4.69, 9.17) is 5.11 Å². The number of aliphatic carboxylic acids is 1. The summed E-state index contributed by atoms with van der Waals surface area (Å²) in [5.74, 6) is -0.163. The Morgan fingerprint density at radius 1 is 1.42 bits per heavy atom. The van der Waals surface area contributed by atoms with Crippen LogP contribution in [0, 0.1) is 20.8 Å². The van der Waals surface area contributed by atoms with Crippen molar-refractivity contribution in [1.82, 2.24) is 14.8 Å². The number of pyridine rings is 1. The minimum atomic E-state index is -0.856. The summed E-state index contributed by atoms with van der Waals surface area (Å²) >= 11 is 3.40. The first kappa shape index (κ1) is 13.7. The number of aryl methyl sites for hydroxylation is 2. The van der Waals surface area contributed by atoms with Gasteiger partial charge in [-0.2, -0.15) is 5.10 Å². The molecule has 0 saturated carbocycles. The maximum Gasteiger partial charge on any atom is 0.307 e. The first-order valence-electron chi connectivity index (χ1n) is 5.79. The number of aromatic nitrogens is 3. The van der Waals surface area contributed by atoms with Crippen molar-refractivity contribution < 1.29 is 9.90 Å². The molecule has 0 saturated heterocycles. The molecule has 2 aromatic heterocycles. The first-order chi connectivity index (χ1) is 8.90. The van der Waals surface area contributed by atoms with Crippen LogP contribution < -0.4 is 0 Å². The number of carboxylic acid groups (broad SMARTS) is 1. The lowest BCUT2D eigenvalue weighted by molar-refractivity contribution is -0.136. The van der Waals surface area contributed by atoms with E-state index in [-0.39, 0.29) is 6.42 Å². The van der Waals surface area contributed by atoms with E-state index in [0.29, 0.717) is 5.82 Å². The van der Waals surface area contributed by atoms with Crippen LogP contribution in [0.15, 0.2) is 16.7 Å². The van der Waals surface area contributed by atoms with Crippen LogP contribution in [0.25, 0.3) is 5.82 Å². The number of nitrogens with zero attached hydrogens (tertiary/aromatic N) is 3. The van der Waals surface area contributed by atoms with Crippen molar-refractivity contribution in [3.05, 3.63) is 39.3 Å². The summed E-state index contributed by atoms with van der Waals surface area (Å²) in [6.45, 7) is 5.64. The van der Waals surface area contributed by atoms with E-state index in [1.54, 1.807) is 10.9 Å². The second-order valence-corrected chi connectivity index (χ2v) is 5.28. The van der Waals surface area contributed by atoms with Gasteiger partial charge in [0.2, 0.25) is 0 Å². The van der Waals surface area contributed by atoms with Gasteiger partial charge in [-0.25, -0.2) is 9.67 Å². The Hall–Kier alpha value is -1.69. The minimum absolute atomic E-state index is 0.0207. The van der Waals surface area contributed by atoms with Crippen LogP contribution in [-0.4, -0.2) is 25.8 Å². The highest BCUT2D eigenvalue weighted by molar-refractivity contribution is 9.10. The van der Waals surface area contributed by atoms with Crippen molar-refractivity contribution in [1.29, 1.82) is 0 Å². The van der Waals surface area contributed by atoms with Crippen molar-refractivity contribution in [3.8, 4) is 5.82 Å². The number of carbonyl (C=O) groups is 1. The van der Waals surface area contributed by atoms with Gasteiger partial charge < -0.3 is 5.11 Å². The zero-order chi connectivity index (χ0) is 14.2. The summed E-state index contributed by atoms with van der Waals surface area (Å²) in [4.78, 5) is 15.2. The third kappa shape index (κ3) is 2.68. The number of hydrogen-bond donors (Lipinski definition) is 1. The summed E-state index contributed by atoms with van der Waals surface area (Å²) in [5.41, 5.74) is 3.34. The Kier molecular flexibility index (Phi) is 3.71. The van der Waals surface area contributed by atoms with Gasteiger partial charge in [0.15, 0.2) is 5.82 Å². The predicted octanol–water partition coefficient (Wildman–Crippen LogP) is 2.58. The standard InChI is InChI=1S/C13H14BrN3O2/c1-7-4-12(15-6-11(7)14)17-9(3)10(5-13(18)19)8(2)16-17/h4,6H,5H2,1-3H3,(H,18,19). The summed E-state index contributed by atoms with van der Waals surface area (Å²) in [5, 5.41) is 13.3. The molecule has 0 aromatic carbocycles. The normalized spacial score (nSPS) is 10.7. The van der Waals surface area contributed by atoms with Crippen LogP contribution in [0.2, 0.25) is 0 Å². The second kappa shape index (κ2) is 5.13. The van der Waals surface area contributed by atoms with Gasteiger partial charge in [0.1, 0.15) is 0 Å². The van der Waals surface area contributed by atoms with Gasteiger partial charge in [0.05, 0.1) is 12.1 Å². The molecule has 1 N–H and O–H groups in total. The number of hydrogen-bond acceptors (Lipinski definition) is 3. The average Bonchev–Trinajstić information content (AvgIpc) is 2.60. The van der Waals surface area contributed by atoms with E-state index in [1.807, 2.05) is 26.8 Å². The molecule has 100 valence electrons. The van der Waals surface area contributed by atoms with E-state index in [9.17, 15) is 4.79 Å². The molecule has 0 radical (unpaired) electrons. The Balaban J connectivity index is 2.51. The van der Waals surface area contributed by atoms with Gasteiger partial charge in [-0.1, -0.05) is 0 Å². The lowest BCUT2D eigenvalue weighted by Crippen LogP contribution is -2.05. The molecule has 2 heterocycles. The van der Waals surface area contributed by atoms with E-state index >= 15 is 0 Å². The third-order valence-electron chi connectivity index (χ3n) is 3.02. The van der Waals surface area contributed by atoms with Gasteiger partial charge in [0, 0.05) is 21.9 Å². The fourth-order valence-corrected chi connectivity index (χ4v) is 2.16. The molecule has 0 fully saturated rings. The highest BCUT2D eigenvalue weighted by atomic mass is 79.9. The molecular weight excluding hydrogens is 310 g/mol. The van der Waals surface area contributed by atoms with Crippen molar-refractivity contribution >= 4 is 21.9 Å². The molecule has 5 nitrogen and oxygen atoms in total. The maximum atomic E-state index is 10.9. The van der Waals surface area contributed by atoms with Crippen LogP contribution in [-0.2, 0) is 11.2 Å². The molecule has 0 aliphatic carbocycles. The zero-order valence-electron chi connectivity index (χ0n) is 10.9. The quantitative estimate of drug-likeness (QED) is 0.942. The molecule has 19 heavy (non-hydrogen) atoms. The van der Waals surface area contributed by atoms with Gasteiger partial charge in [-0.05, 0) is 48.3 Å². The molecule has 0 atom stereocenters.